The quantitative estimate of drug-likeness (QED) is 0.554. The van der Waals surface area contributed by atoms with Gasteiger partial charge in [-0.3, -0.25) is 0 Å². The third-order valence-electron chi connectivity index (χ3n) is 3.36. The molecule has 5 heteroatoms. The first kappa shape index (κ1) is 15.3. The van der Waals surface area contributed by atoms with Gasteiger partial charge in [0.2, 0.25) is 0 Å². The Labute approximate surface area is 125 Å². The molecule has 2 rings (SSSR count). The highest BCUT2D eigenvalue weighted by molar-refractivity contribution is 6.17. The maximum absolute atomic E-state index is 5.88. The minimum atomic E-state index is 0.589. The number of unbranched alkanes of at least 4 members (excludes halogenated alkanes) is 2. The Morgan fingerprint density at radius 1 is 1.20 bits per heavy atom. The van der Waals surface area contributed by atoms with Crippen molar-refractivity contribution in [3.8, 4) is 0 Å². The molecule has 20 heavy (non-hydrogen) atoms. The number of imidazole rings is 1. The molecule has 0 aliphatic heterocycles. The van der Waals surface area contributed by atoms with Crippen LogP contribution in [0.5, 0.6) is 0 Å². The molecule has 0 bridgehead atoms. The number of fused-ring (bicyclic) bond motifs is 1. The predicted molar refractivity (Wildman–Crippen MR) is 82.4 cm³/mol. The van der Waals surface area contributed by atoms with Crippen molar-refractivity contribution in [3.63, 3.8) is 0 Å². The van der Waals surface area contributed by atoms with Crippen molar-refractivity contribution in [3.05, 3.63) is 23.7 Å². The maximum Gasteiger partial charge on any atom is 0.160 e. The average Bonchev–Trinajstić information content (AvgIpc) is 2.76. The van der Waals surface area contributed by atoms with Gasteiger partial charge in [0.1, 0.15) is 11.3 Å². The molecule has 0 fully saturated rings. The molecule has 0 unspecified atom stereocenters. The number of alkyl halides is 1. The molecule has 0 atom stereocenters. The van der Waals surface area contributed by atoms with Gasteiger partial charge in [-0.1, -0.05) is 0 Å². The van der Waals surface area contributed by atoms with E-state index in [2.05, 4.69) is 14.5 Å². The SMILES string of the molecule is COCCCCCn1c(CCCl)nc2ccc(C)nc21. The second kappa shape index (κ2) is 7.60. The summed E-state index contributed by atoms with van der Waals surface area (Å²) in [7, 11) is 1.74. The van der Waals surface area contributed by atoms with E-state index < -0.39 is 0 Å². The summed E-state index contributed by atoms with van der Waals surface area (Å²) in [6.45, 7) is 3.79. The molecule has 2 aromatic rings. The Balaban J connectivity index is 2.15. The number of halogens is 1. The summed E-state index contributed by atoms with van der Waals surface area (Å²) in [4.78, 5) is 9.28. The Morgan fingerprint density at radius 2 is 2.05 bits per heavy atom. The van der Waals surface area contributed by atoms with Gasteiger partial charge in [0.05, 0.1) is 0 Å². The molecular weight excluding hydrogens is 274 g/mol. The molecule has 110 valence electrons. The predicted octanol–water partition coefficient (Wildman–Crippen LogP) is 3.34. The minimum Gasteiger partial charge on any atom is -0.385 e. The number of aryl methyl sites for hydroxylation is 3. The number of ether oxygens (including phenoxy) is 1. The average molecular weight is 296 g/mol. The van der Waals surface area contributed by atoms with E-state index >= 15 is 0 Å². The fourth-order valence-electron chi connectivity index (χ4n) is 2.35. The standard InChI is InChI=1S/C15H22ClN3O/c1-12-6-7-13-15(17-12)19(14(18-13)8-9-16)10-4-3-5-11-20-2/h6-7H,3-5,8-11H2,1-2H3. The van der Waals surface area contributed by atoms with E-state index in [-0.39, 0.29) is 0 Å². The number of aromatic nitrogens is 3. The van der Waals surface area contributed by atoms with Crippen molar-refractivity contribution in [2.24, 2.45) is 0 Å². The molecule has 0 radical (unpaired) electrons. The van der Waals surface area contributed by atoms with Gasteiger partial charge in [0.15, 0.2) is 5.65 Å². The maximum atomic E-state index is 5.88. The van der Waals surface area contributed by atoms with Gasteiger partial charge in [-0.15, -0.1) is 11.6 Å². The van der Waals surface area contributed by atoms with Crippen molar-refractivity contribution in [2.75, 3.05) is 19.6 Å². The van der Waals surface area contributed by atoms with Crippen LogP contribution in [0.3, 0.4) is 0 Å². The van der Waals surface area contributed by atoms with Crippen molar-refractivity contribution >= 4 is 22.8 Å². The van der Waals surface area contributed by atoms with E-state index in [1.54, 1.807) is 7.11 Å². The number of hydrogen-bond donors (Lipinski definition) is 0. The Morgan fingerprint density at radius 3 is 2.80 bits per heavy atom. The lowest BCUT2D eigenvalue weighted by molar-refractivity contribution is 0.191. The van der Waals surface area contributed by atoms with Crippen LogP contribution in [0.4, 0.5) is 0 Å². The summed E-state index contributed by atoms with van der Waals surface area (Å²) in [6.07, 6.45) is 4.15. The van der Waals surface area contributed by atoms with Gasteiger partial charge in [-0.2, -0.15) is 0 Å². The largest absolute Gasteiger partial charge is 0.385 e. The summed E-state index contributed by atoms with van der Waals surface area (Å²) < 4.78 is 7.30. The normalized spacial score (nSPS) is 11.3. The van der Waals surface area contributed by atoms with Gasteiger partial charge in [-0.05, 0) is 38.3 Å². The summed E-state index contributed by atoms with van der Waals surface area (Å²) >= 11 is 5.88. The third kappa shape index (κ3) is 3.70. The monoisotopic (exact) mass is 295 g/mol. The summed E-state index contributed by atoms with van der Waals surface area (Å²) in [5, 5.41) is 0. The number of pyridine rings is 1. The zero-order valence-electron chi connectivity index (χ0n) is 12.2. The highest BCUT2D eigenvalue weighted by Gasteiger charge is 2.11. The number of methoxy groups -OCH3 is 1. The number of nitrogens with zero attached hydrogens (tertiary/aromatic N) is 3. The molecular formula is C15H22ClN3O. The molecule has 0 saturated carbocycles. The molecule has 0 amide bonds. The van der Waals surface area contributed by atoms with Crippen LogP contribution in [0.25, 0.3) is 11.2 Å². The molecule has 0 aliphatic rings. The lowest BCUT2D eigenvalue weighted by Gasteiger charge is -2.08. The van der Waals surface area contributed by atoms with Crippen LogP contribution in [-0.4, -0.2) is 34.1 Å². The Kier molecular flexibility index (Phi) is 5.80. The second-order valence-electron chi connectivity index (χ2n) is 4.97. The van der Waals surface area contributed by atoms with E-state index in [0.29, 0.717) is 5.88 Å². The highest BCUT2D eigenvalue weighted by atomic mass is 35.5. The van der Waals surface area contributed by atoms with Crippen molar-refractivity contribution in [1.29, 1.82) is 0 Å². The zero-order valence-corrected chi connectivity index (χ0v) is 13.0. The first-order chi connectivity index (χ1) is 9.76. The summed E-state index contributed by atoms with van der Waals surface area (Å²) in [5.41, 5.74) is 2.97. The van der Waals surface area contributed by atoms with E-state index in [0.717, 1.165) is 61.5 Å². The first-order valence-corrected chi connectivity index (χ1v) is 7.67. The molecule has 0 aliphatic carbocycles. The van der Waals surface area contributed by atoms with Crippen molar-refractivity contribution in [1.82, 2.24) is 14.5 Å². The second-order valence-corrected chi connectivity index (χ2v) is 5.35. The van der Waals surface area contributed by atoms with Crippen LogP contribution in [0.2, 0.25) is 0 Å². The topological polar surface area (TPSA) is 39.9 Å². The van der Waals surface area contributed by atoms with Gasteiger partial charge < -0.3 is 9.30 Å². The van der Waals surface area contributed by atoms with Gasteiger partial charge in [0, 0.05) is 38.3 Å². The Hall–Kier alpha value is -1.13. The van der Waals surface area contributed by atoms with Crippen LogP contribution < -0.4 is 0 Å². The fraction of sp³-hybridized carbons (Fsp3) is 0.600. The van der Waals surface area contributed by atoms with Crippen LogP contribution in [0.15, 0.2) is 12.1 Å². The van der Waals surface area contributed by atoms with Crippen LogP contribution in [0.1, 0.15) is 30.8 Å². The van der Waals surface area contributed by atoms with Gasteiger partial charge in [0.25, 0.3) is 0 Å². The number of rotatable bonds is 8. The van der Waals surface area contributed by atoms with Crippen LogP contribution >= 0.6 is 11.6 Å². The molecule has 2 aromatic heterocycles. The van der Waals surface area contributed by atoms with Crippen molar-refractivity contribution < 1.29 is 4.74 Å². The molecule has 4 nitrogen and oxygen atoms in total. The van der Waals surface area contributed by atoms with Crippen LogP contribution in [-0.2, 0) is 17.7 Å². The third-order valence-corrected chi connectivity index (χ3v) is 3.55. The van der Waals surface area contributed by atoms with E-state index in [1.807, 2.05) is 19.1 Å². The lowest BCUT2D eigenvalue weighted by atomic mass is 10.2. The number of hydrogen-bond acceptors (Lipinski definition) is 3. The smallest absolute Gasteiger partial charge is 0.160 e. The minimum absolute atomic E-state index is 0.589. The van der Waals surface area contributed by atoms with E-state index in [9.17, 15) is 0 Å². The van der Waals surface area contributed by atoms with Gasteiger partial charge >= 0.3 is 0 Å². The first-order valence-electron chi connectivity index (χ1n) is 7.14. The molecule has 0 spiro atoms. The molecule has 0 aromatic carbocycles. The lowest BCUT2D eigenvalue weighted by Crippen LogP contribution is -2.06. The molecule has 0 N–H and O–H groups in total. The highest BCUT2D eigenvalue weighted by Crippen LogP contribution is 2.17. The van der Waals surface area contributed by atoms with Crippen molar-refractivity contribution in [2.45, 2.75) is 39.2 Å². The fourth-order valence-corrected chi connectivity index (χ4v) is 2.52. The Bertz CT molecular complexity index is 553. The van der Waals surface area contributed by atoms with E-state index in [4.69, 9.17) is 16.3 Å². The summed E-state index contributed by atoms with van der Waals surface area (Å²) in [6, 6.07) is 4.04. The molecule has 2 heterocycles. The molecule has 0 saturated heterocycles. The summed E-state index contributed by atoms with van der Waals surface area (Å²) in [5.74, 6) is 1.63. The zero-order chi connectivity index (χ0) is 14.4. The van der Waals surface area contributed by atoms with E-state index in [1.165, 1.54) is 0 Å². The van der Waals surface area contributed by atoms with Crippen LogP contribution in [0, 0.1) is 6.92 Å². The van der Waals surface area contributed by atoms with Gasteiger partial charge in [-0.25, -0.2) is 9.97 Å².